The van der Waals surface area contributed by atoms with Gasteiger partial charge in [-0.05, 0) is 12.1 Å². The number of thioether (sulfide) groups is 1. The third-order valence-electron chi connectivity index (χ3n) is 2.14. The van der Waals surface area contributed by atoms with Crippen LogP contribution in [0.1, 0.15) is 6.42 Å². The number of amidine groups is 1. The van der Waals surface area contributed by atoms with Gasteiger partial charge in [-0.1, -0.05) is 12.1 Å². The molecular formula is C9H12N4S. The summed E-state index contributed by atoms with van der Waals surface area (Å²) in [6.07, 6.45) is 0.798. The Kier molecular flexibility index (Phi) is 2.60. The van der Waals surface area contributed by atoms with Gasteiger partial charge in [-0.3, -0.25) is 5.01 Å². The fourth-order valence-electron chi connectivity index (χ4n) is 1.42. The van der Waals surface area contributed by atoms with Gasteiger partial charge in [-0.15, -0.1) is 11.8 Å². The summed E-state index contributed by atoms with van der Waals surface area (Å²) in [4.78, 5) is 1.17. The maximum absolute atomic E-state index is 5.91. The first-order valence-corrected chi connectivity index (χ1v) is 5.35. The molecule has 0 bridgehead atoms. The highest BCUT2D eigenvalue weighted by atomic mass is 32.2. The van der Waals surface area contributed by atoms with Gasteiger partial charge in [0.05, 0.1) is 5.69 Å². The zero-order chi connectivity index (χ0) is 9.97. The van der Waals surface area contributed by atoms with Crippen molar-refractivity contribution >= 4 is 23.3 Å². The summed E-state index contributed by atoms with van der Waals surface area (Å²) in [6, 6.07) is 7.99. The van der Waals surface area contributed by atoms with Crippen molar-refractivity contribution in [3.05, 3.63) is 24.3 Å². The summed E-state index contributed by atoms with van der Waals surface area (Å²) < 4.78 is 0. The van der Waals surface area contributed by atoms with Gasteiger partial charge in [0.2, 0.25) is 0 Å². The molecule has 5 heteroatoms. The molecule has 0 atom stereocenters. The number of hydrogen-bond donors (Lipinski definition) is 2. The molecule has 2 rings (SSSR count). The first-order chi connectivity index (χ1) is 6.83. The molecule has 1 heterocycles. The molecular weight excluding hydrogens is 196 g/mol. The fourth-order valence-corrected chi connectivity index (χ4v) is 2.41. The summed E-state index contributed by atoms with van der Waals surface area (Å²) in [5, 5.41) is 5.26. The lowest BCUT2D eigenvalue weighted by atomic mass is 10.3. The van der Waals surface area contributed by atoms with E-state index in [4.69, 9.17) is 11.7 Å². The third kappa shape index (κ3) is 1.56. The minimum Gasteiger partial charge on any atom is -0.322 e. The molecule has 1 aliphatic rings. The Morgan fingerprint density at radius 1 is 1.36 bits per heavy atom. The van der Waals surface area contributed by atoms with Gasteiger partial charge in [0.15, 0.2) is 0 Å². The lowest BCUT2D eigenvalue weighted by Gasteiger charge is -2.18. The molecule has 4 nitrogen and oxygen atoms in total. The Balaban J connectivity index is 2.45. The van der Waals surface area contributed by atoms with Gasteiger partial charge in [-0.25, -0.2) is 5.84 Å². The molecule has 0 fully saturated rings. The monoisotopic (exact) mass is 208 g/mol. The average molecular weight is 208 g/mol. The number of hydrazone groups is 1. The summed E-state index contributed by atoms with van der Waals surface area (Å²) in [5.41, 5.74) is 0.971. The predicted octanol–water partition coefficient (Wildman–Crippen LogP) is 1.13. The number of fused-ring (bicyclic) bond motifs is 1. The van der Waals surface area contributed by atoms with Crippen LogP contribution < -0.4 is 16.7 Å². The molecule has 0 radical (unpaired) electrons. The van der Waals surface area contributed by atoms with Crippen LogP contribution in [-0.2, 0) is 0 Å². The second kappa shape index (κ2) is 3.89. The minimum atomic E-state index is 0.724. The van der Waals surface area contributed by atoms with E-state index < -0.39 is 0 Å². The highest BCUT2D eigenvalue weighted by Gasteiger charge is 2.17. The largest absolute Gasteiger partial charge is 0.322 e. The summed E-state index contributed by atoms with van der Waals surface area (Å²) in [5.74, 6) is 12.9. The molecule has 0 spiro atoms. The molecule has 74 valence electrons. The van der Waals surface area contributed by atoms with E-state index >= 15 is 0 Å². The van der Waals surface area contributed by atoms with Crippen LogP contribution in [0.2, 0.25) is 0 Å². The zero-order valence-electron chi connectivity index (χ0n) is 7.68. The first-order valence-electron chi connectivity index (χ1n) is 4.36. The Morgan fingerprint density at radius 3 is 2.93 bits per heavy atom. The number of rotatable bonds is 0. The van der Waals surface area contributed by atoms with Crippen LogP contribution >= 0.6 is 11.8 Å². The molecule has 0 unspecified atom stereocenters. The number of para-hydroxylation sites is 1. The smallest absolute Gasteiger partial charge is 0.144 e. The lowest BCUT2D eigenvalue weighted by molar-refractivity contribution is 1.04. The number of nitrogens with zero attached hydrogens (tertiary/aromatic N) is 2. The van der Waals surface area contributed by atoms with Gasteiger partial charge in [-0.2, -0.15) is 5.10 Å². The van der Waals surface area contributed by atoms with Gasteiger partial charge in [0.25, 0.3) is 0 Å². The van der Waals surface area contributed by atoms with Crippen molar-refractivity contribution in [1.82, 2.24) is 0 Å². The van der Waals surface area contributed by atoms with E-state index in [9.17, 15) is 0 Å². The van der Waals surface area contributed by atoms with Crippen LogP contribution in [0.4, 0.5) is 5.69 Å². The van der Waals surface area contributed by atoms with E-state index in [1.807, 2.05) is 18.2 Å². The molecule has 1 aliphatic heterocycles. The maximum Gasteiger partial charge on any atom is 0.144 e. The van der Waals surface area contributed by atoms with Crippen molar-refractivity contribution in [2.75, 3.05) is 10.8 Å². The molecule has 0 saturated carbocycles. The van der Waals surface area contributed by atoms with E-state index in [2.05, 4.69) is 11.2 Å². The van der Waals surface area contributed by atoms with E-state index in [0.717, 1.165) is 23.7 Å². The van der Waals surface area contributed by atoms with E-state index in [1.165, 1.54) is 4.90 Å². The molecule has 1 aromatic carbocycles. The summed E-state index contributed by atoms with van der Waals surface area (Å²) in [7, 11) is 0. The number of hydrogen-bond acceptors (Lipinski definition) is 4. The second-order valence-electron chi connectivity index (χ2n) is 2.98. The Labute approximate surface area is 86.9 Å². The van der Waals surface area contributed by atoms with Crippen molar-refractivity contribution < 1.29 is 0 Å². The van der Waals surface area contributed by atoms with E-state index in [-0.39, 0.29) is 0 Å². The maximum atomic E-state index is 5.91. The summed E-state index contributed by atoms with van der Waals surface area (Å²) >= 11 is 1.77. The molecule has 0 aliphatic carbocycles. The van der Waals surface area contributed by atoms with Gasteiger partial charge >= 0.3 is 0 Å². The van der Waals surface area contributed by atoms with E-state index in [0.29, 0.717) is 0 Å². The highest BCUT2D eigenvalue weighted by Crippen LogP contribution is 2.32. The van der Waals surface area contributed by atoms with Crippen molar-refractivity contribution in [3.63, 3.8) is 0 Å². The first kappa shape index (κ1) is 9.36. The Morgan fingerprint density at radius 2 is 2.14 bits per heavy atom. The number of nitrogens with two attached hydrogens (primary N) is 2. The standard InChI is InChI=1S/C9H12N4S/c10-12-9-5-6-14-8-4-2-1-3-7(8)13(9)11/h1-4H,5-6,10-11H2/b12-9-. The predicted molar refractivity (Wildman–Crippen MR) is 60.1 cm³/mol. The van der Waals surface area contributed by atoms with Crippen LogP contribution in [0.3, 0.4) is 0 Å². The minimum absolute atomic E-state index is 0.724. The van der Waals surface area contributed by atoms with Crippen molar-refractivity contribution in [1.29, 1.82) is 0 Å². The van der Waals surface area contributed by atoms with Crippen molar-refractivity contribution in [2.45, 2.75) is 11.3 Å². The van der Waals surface area contributed by atoms with E-state index in [1.54, 1.807) is 16.8 Å². The van der Waals surface area contributed by atoms with Crippen LogP contribution in [0, 0.1) is 0 Å². The fraction of sp³-hybridized carbons (Fsp3) is 0.222. The SMILES string of the molecule is N/N=C1/CCSc2ccccc2N1N. The normalized spacial score (nSPS) is 19.2. The molecule has 14 heavy (non-hydrogen) atoms. The van der Waals surface area contributed by atoms with Gasteiger partial charge < -0.3 is 5.84 Å². The quantitative estimate of drug-likeness (QED) is 0.495. The van der Waals surface area contributed by atoms with Crippen LogP contribution in [0.15, 0.2) is 34.3 Å². The van der Waals surface area contributed by atoms with Crippen LogP contribution in [0.25, 0.3) is 0 Å². The highest BCUT2D eigenvalue weighted by molar-refractivity contribution is 7.99. The Bertz CT molecular complexity index is 364. The summed E-state index contributed by atoms with van der Waals surface area (Å²) in [6.45, 7) is 0. The number of benzene rings is 1. The number of hydrazine groups is 1. The molecule has 4 N–H and O–H groups in total. The molecule has 0 aromatic heterocycles. The van der Waals surface area contributed by atoms with Gasteiger partial charge in [0, 0.05) is 17.1 Å². The van der Waals surface area contributed by atoms with Crippen molar-refractivity contribution in [2.24, 2.45) is 16.8 Å². The average Bonchev–Trinajstić information content (AvgIpc) is 2.39. The molecule has 0 saturated heterocycles. The van der Waals surface area contributed by atoms with Gasteiger partial charge in [0.1, 0.15) is 5.84 Å². The molecule has 1 aromatic rings. The van der Waals surface area contributed by atoms with Crippen LogP contribution in [-0.4, -0.2) is 11.6 Å². The zero-order valence-corrected chi connectivity index (χ0v) is 8.50. The topological polar surface area (TPSA) is 67.6 Å². The second-order valence-corrected chi connectivity index (χ2v) is 4.12. The van der Waals surface area contributed by atoms with Crippen molar-refractivity contribution in [3.8, 4) is 0 Å². The third-order valence-corrected chi connectivity index (χ3v) is 3.20. The molecule has 0 amide bonds. The number of anilines is 1. The Hall–Kier alpha value is -1.20. The van der Waals surface area contributed by atoms with Crippen LogP contribution in [0.5, 0.6) is 0 Å². The lowest BCUT2D eigenvalue weighted by Crippen LogP contribution is -2.38.